The van der Waals surface area contributed by atoms with Crippen molar-refractivity contribution in [1.29, 1.82) is 0 Å². The lowest BCUT2D eigenvalue weighted by molar-refractivity contribution is -0.120. The molecule has 29 heavy (non-hydrogen) atoms. The molecule has 0 aliphatic heterocycles. The molecule has 0 unspecified atom stereocenters. The van der Waals surface area contributed by atoms with Crippen molar-refractivity contribution in [2.45, 2.75) is 44.7 Å². The number of benzene rings is 1. The Morgan fingerprint density at radius 1 is 1.03 bits per heavy atom. The van der Waals surface area contributed by atoms with Crippen LogP contribution in [0.1, 0.15) is 31.7 Å². The Morgan fingerprint density at radius 3 is 1.86 bits per heavy atom. The van der Waals surface area contributed by atoms with Crippen molar-refractivity contribution in [1.82, 2.24) is 5.32 Å². The summed E-state index contributed by atoms with van der Waals surface area (Å²) in [7, 11) is -7.33. The van der Waals surface area contributed by atoms with Crippen LogP contribution < -0.4 is 16.8 Å². The number of rotatable bonds is 9. The number of nitrogens with two attached hydrogens (primary N) is 2. The van der Waals surface area contributed by atoms with Gasteiger partial charge in [0.05, 0.1) is 18.6 Å². The molecule has 0 radical (unpaired) electrons. The third-order valence-corrected chi connectivity index (χ3v) is 3.16. The van der Waals surface area contributed by atoms with Crippen molar-refractivity contribution in [2.24, 2.45) is 11.5 Å². The minimum atomic E-state index is -3.67. The number of hydrogen-bond acceptors (Lipinski definition) is 7. The van der Waals surface area contributed by atoms with Crippen LogP contribution in [0.2, 0.25) is 0 Å². The fourth-order valence-corrected chi connectivity index (χ4v) is 2.17. The second kappa shape index (κ2) is 15.3. The lowest BCUT2D eigenvalue weighted by Crippen LogP contribution is -2.46. The van der Waals surface area contributed by atoms with Gasteiger partial charge in [0.15, 0.2) is 0 Å². The minimum absolute atomic E-state index is 0.220. The van der Waals surface area contributed by atoms with E-state index in [9.17, 15) is 21.6 Å². The molecule has 10 nitrogen and oxygen atoms in total. The van der Waals surface area contributed by atoms with E-state index in [4.69, 9.17) is 20.6 Å². The number of nitrogens with one attached hydrogen (secondary N) is 1. The van der Waals surface area contributed by atoms with Crippen molar-refractivity contribution >= 4 is 26.1 Å². The van der Waals surface area contributed by atoms with E-state index < -0.39 is 20.2 Å². The van der Waals surface area contributed by atoms with E-state index in [0.29, 0.717) is 19.1 Å². The molecular weight excluding hydrogens is 422 g/mol. The van der Waals surface area contributed by atoms with Gasteiger partial charge in [-0.05, 0) is 38.3 Å². The van der Waals surface area contributed by atoms with Crippen LogP contribution >= 0.6 is 0 Å². The quantitative estimate of drug-likeness (QED) is 0.256. The SMILES string of the molecule is CS(=O)(=O)O.CS(=O)(=O)O.C[C@@H](Cc1ccccc1)N[C@@H](CCCCN)C(N)=O. The van der Waals surface area contributed by atoms with Crippen LogP contribution in [-0.2, 0) is 31.5 Å². The van der Waals surface area contributed by atoms with Gasteiger partial charge in [-0.1, -0.05) is 36.8 Å². The van der Waals surface area contributed by atoms with Crippen LogP contribution in [0.3, 0.4) is 0 Å². The highest BCUT2D eigenvalue weighted by Crippen LogP contribution is 2.06. The molecule has 1 amide bonds. The molecule has 0 heterocycles. The van der Waals surface area contributed by atoms with Crippen LogP contribution in [0.15, 0.2) is 30.3 Å². The van der Waals surface area contributed by atoms with E-state index in [-0.39, 0.29) is 18.0 Å². The van der Waals surface area contributed by atoms with Crippen molar-refractivity contribution in [3.05, 3.63) is 35.9 Å². The Labute approximate surface area is 173 Å². The zero-order chi connectivity index (χ0) is 23.1. The van der Waals surface area contributed by atoms with Gasteiger partial charge in [-0.2, -0.15) is 16.8 Å². The number of carbonyl (C=O) groups excluding carboxylic acids is 1. The van der Waals surface area contributed by atoms with Crippen molar-refractivity contribution < 1.29 is 30.7 Å². The monoisotopic (exact) mass is 455 g/mol. The van der Waals surface area contributed by atoms with Crippen LogP contribution in [-0.4, -0.2) is 63.0 Å². The molecule has 0 aromatic heterocycles. The third-order valence-electron chi connectivity index (χ3n) is 3.16. The lowest BCUT2D eigenvalue weighted by atomic mass is 10.0. The first-order chi connectivity index (χ1) is 13.1. The van der Waals surface area contributed by atoms with Crippen LogP contribution in [0.25, 0.3) is 0 Å². The molecular formula is C17H33N3O7S2. The summed E-state index contributed by atoms with van der Waals surface area (Å²) in [6.45, 7) is 2.73. The van der Waals surface area contributed by atoms with E-state index in [1.165, 1.54) is 5.56 Å². The molecule has 1 rings (SSSR count). The number of hydrogen-bond donors (Lipinski definition) is 5. The fourth-order valence-electron chi connectivity index (χ4n) is 2.17. The van der Waals surface area contributed by atoms with Gasteiger partial charge in [-0.25, -0.2) is 0 Å². The maximum atomic E-state index is 11.4. The van der Waals surface area contributed by atoms with Gasteiger partial charge in [0, 0.05) is 6.04 Å². The second-order valence-corrected chi connectivity index (χ2v) is 9.39. The zero-order valence-corrected chi connectivity index (χ0v) is 18.6. The molecule has 0 spiro atoms. The van der Waals surface area contributed by atoms with E-state index in [2.05, 4.69) is 24.4 Å². The van der Waals surface area contributed by atoms with E-state index in [0.717, 1.165) is 25.7 Å². The van der Waals surface area contributed by atoms with Gasteiger partial charge < -0.3 is 16.8 Å². The summed E-state index contributed by atoms with van der Waals surface area (Å²) in [5.41, 5.74) is 12.1. The lowest BCUT2D eigenvalue weighted by Gasteiger charge is -2.21. The highest BCUT2D eigenvalue weighted by Gasteiger charge is 2.17. The van der Waals surface area contributed by atoms with Gasteiger partial charge in [-0.15, -0.1) is 0 Å². The van der Waals surface area contributed by atoms with Crippen molar-refractivity contribution in [2.75, 3.05) is 19.1 Å². The fraction of sp³-hybridized carbons (Fsp3) is 0.588. The van der Waals surface area contributed by atoms with Crippen LogP contribution in [0, 0.1) is 0 Å². The number of unbranched alkanes of at least 4 members (excludes halogenated alkanes) is 1. The highest BCUT2D eigenvalue weighted by molar-refractivity contribution is 7.85. The molecule has 1 aromatic rings. The molecule has 0 aliphatic rings. The number of amides is 1. The standard InChI is InChI=1S/C15H25N3O.2CH4O3S/c1-12(11-13-7-3-2-4-8-13)18-14(15(17)19)9-5-6-10-16;2*1-5(2,3)4/h2-4,7-8,12,14,18H,5-6,9-11,16H2,1H3,(H2,17,19);2*1H3,(H,2,3,4)/t12-,14-;;/m0../s1. The Hall–Kier alpha value is -1.57. The second-order valence-electron chi connectivity index (χ2n) is 6.46. The first kappa shape index (κ1) is 29.6. The van der Waals surface area contributed by atoms with Gasteiger partial charge in [-0.3, -0.25) is 13.9 Å². The first-order valence-electron chi connectivity index (χ1n) is 8.77. The summed E-state index contributed by atoms with van der Waals surface area (Å²) in [5.74, 6) is -0.281. The number of carbonyl (C=O) groups is 1. The third kappa shape index (κ3) is 28.7. The molecule has 0 fully saturated rings. The summed E-state index contributed by atoms with van der Waals surface area (Å²) in [6, 6.07) is 10.2. The molecule has 0 saturated carbocycles. The molecule has 1 aromatic carbocycles. The van der Waals surface area contributed by atoms with Crippen LogP contribution in [0.5, 0.6) is 0 Å². The molecule has 0 bridgehead atoms. The Bertz CT molecular complexity index is 723. The normalized spacial score (nSPS) is 13.2. The van der Waals surface area contributed by atoms with Gasteiger partial charge in [0.25, 0.3) is 20.2 Å². The van der Waals surface area contributed by atoms with E-state index in [1.807, 2.05) is 18.2 Å². The van der Waals surface area contributed by atoms with Crippen molar-refractivity contribution in [3.63, 3.8) is 0 Å². The van der Waals surface area contributed by atoms with Crippen LogP contribution in [0.4, 0.5) is 0 Å². The molecule has 0 aliphatic carbocycles. The minimum Gasteiger partial charge on any atom is -0.368 e. The summed E-state index contributed by atoms with van der Waals surface area (Å²) in [5, 5.41) is 3.31. The maximum Gasteiger partial charge on any atom is 0.261 e. The van der Waals surface area contributed by atoms with Gasteiger partial charge >= 0.3 is 0 Å². The molecule has 0 saturated heterocycles. The Balaban J connectivity index is 0. The Morgan fingerprint density at radius 2 is 1.48 bits per heavy atom. The predicted molar refractivity (Wildman–Crippen MR) is 114 cm³/mol. The number of primary amides is 1. The predicted octanol–water partition coefficient (Wildman–Crippen LogP) is 0.198. The van der Waals surface area contributed by atoms with Crippen molar-refractivity contribution in [3.8, 4) is 0 Å². The zero-order valence-electron chi connectivity index (χ0n) is 17.0. The molecule has 2 atom stereocenters. The average Bonchev–Trinajstić information content (AvgIpc) is 2.51. The smallest absolute Gasteiger partial charge is 0.261 e. The summed E-state index contributed by atoms with van der Waals surface area (Å²) < 4.78 is 51.7. The summed E-state index contributed by atoms with van der Waals surface area (Å²) >= 11 is 0. The average molecular weight is 456 g/mol. The molecule has 12 heteroatoms. The first-order valence-corrected chi connectivity index (χ1v) is 12.5. The van der Waals surface area contributed by atoms with E-state index >= 15 is 0 Å². The largest absolute Gasteiger partial charge is 0.368 e. The Kier molecular flexibility index (Phi) is 15.6. The summed E-state index contributed by atoms with van der Waals surface area (Å²) in [6.07, 6.45) is 4.93. The topological polar surface area (TPSA) is 190 Å². The summed E-state index contributed by atoms with van der Waals surface area (Å²) in [4.78, 5) is 11.4. The maximum absolute atomic E-state index is 11.4. The molecule has 7 N–H and O–H groups in total. The highest BCUT2D eigenvalue weighted by atomic mass is 32.2. The molecule has 170 valence electrons. The van der Waals surface area contributed by atoms with E-state index in [1.54, 1.807) is 0 Å². The van der Waals surface area contributed by atoms with Gasteiger partial charge in [0.2, 0.25) is 5.91 Å². The van der Waals surface area contributed by atoms with Gasteiger partial charge in [0.1, 0.15) is 0 Å².